The van der Waals surface area contributed by atoms with E-state index in [2.05, 4.69) is 12.2 Å². The van der Waals surface area contributed by atoms with Crippen molar-refractivity contribution in [3.63, 3.8) is 0 Å². The van der Waals surface area contributed by atoms with Crippen molar-refractivity contribution in [2.75, 3.05) is 6.54 Å². The highest BCUT2D eigenvalue weighted by Gasteiger charge is 2.19. The Morgan fingerprint density at radius 1 is 1.33 bits per heavy atom. The molecule has 0 bridgehead atoms. The summed E-state index contributed by atoms with van der Waals surface area (Å²) in [5.41, 5.74) is 1.97. The molecular weight excluding hydrogens is 189 g/mol. The maximum Gasteiger partial charge on any atom is 0.126 e. The molecule has 0 aromatic heterocycles. The van der Waals surface area contributed by atoms with Gasteiger partial charge in [0, 0.05) is 6.04 Å². The lowest BCUT2D eigenvalue weighted by atomic mass is 9.91. The second-order valence-corrected chi connectivity index (χ2v) is 4.65. The van der Waals surface area contributed by atoms with Crippen molar-refractivity contribution < 1.29 is 4.39 Å². The molecule has 82 valence electrons. The van der Waals surface area contributed by atoms with E-state index in [0.717, 1.165) is 24.4 Å². The minimum Gasteiger partial charge on any atom is -0.310 e. The van der Waals surface area contributed by atoms with Crippen molar-refractivity contribution in [2.24, 2.45) is 5.92 Å². The van der Waals surface area contributed by atoms with Gasteiger partial charge in [0.2, 0.25) is 0 Å². The number of piperidine rings is 1. The van der Waals surface area contributed by atoms with Crippen molar-refractivity contribution in [2.45, 2.75) is 32.7 Å². The fourth-order valence-electron chi connectivity index (χ4n) is 2.17. The Kier molecular flexibility index (Phi) is 3.06. The van der Waals surface area contributed by atoms with E-state index in [1.54, 1.807) is 6.07 Å². The van der Waals surface area contributed by atoms with Crippen LogP contribution in [0.15, 0.2) is 18.2 Å². The summed E-state index contributed by atoms with van der Waals surface area (Å²) in [4.78, 5) is 0. The molecule has 15 heavy (non-hydrogen) atoms. The first-order chi connectivity index (χ1) is 7.16. The van der Waals surface area contributed by atoms with Crippen LogP contribution in [0.4, 0.5) is 4.39 Å². The van der Waals surface area contributed by atoms with Crippen LogP contribution in [0.2, 0.25) is 0 Å². The second kappa shape index (κ2) is 4.31. The second-order valence-electron chi connectivity index (χ2n) is 4.65. The van der Waals surface area contributed by atoms with Crippen LogP contribution in [0.3, 0.4) is 0 Å². The lowest BCUT2D eigenvalue weighted by Crippen LogP contribution is -2.31. The van der Waals surface area contributed by atoms with Gasteiger partial charge in [-0.3, -0.25) is 0 Å². The van der Waals surface area contributed by atoms with Crippen LogP contribution in [-0.2, 0) is 0 Å². The quantitative estimate of drug-likeness (QED) is 0.745. The highest BCUT2D eigenvalue weighted by molar-refractivity contribution is 5.26. The molecule has 1 N–H and O–H groups in total. The number of hydrogen-bond acceptors (Lipinski definition) is 1. The first kappa shape index (κ1) is 10.6. The van der Waals surface area contributed by atoms with Gasteiger partial charge in [-0.25, -0.2) is 4.39 Å². The molecule has 2 unspecified atom stereocenters. The topological polar surface area (TPSA) is 12.0 Å². The minimum absolute atomic E-state index is 0.108. The minimum atomic E-state index is -0.108. The zero-order valence-electron chi connectivity index (χ0n) is 9.39. The predicted octanol–water partition coefficient (Wildman–Crippen LogP) is 3.19. The molecule has 1 saturated heterocycles. The molecule has 0 aliphatic carbocycles. The van der Waals surface area contributed by atoms with Gasteiger partial charge in [0.15, 0.2) is 0 Å². The normalized spacial score (nSPS) is 26.6. The van der Waals surface area contributed by atoms with Gasteiger partial charge in [0.25, 0.3) is 0 Å². The number of nitrogens with one attached hydrogen (secondary N) is 1. The molecule has 1 aromatic rings. The van der Waals surface area contributed by atoms with Crippen molar-refractivity contribution in [3.8, 4) is 0 Å². The molecule has 1 nitrogen and oxygen atoms in total. The van der Waals surface area contributed by atoms with Gasteiger partial charge in [-0.1, -0.05) is 19.1 Å². The zero-order valence-corrected chi connectivity index (χ0v) is 9.39. The molecule has 2 heteroatoms. The Bertz CT molecular complexity index is 340. The molecule has 1 heterocycles. The third-order valence-electron chi connectivity index (χ3n) is 3.25. The number of hydrogen-bond donors (Lipinski definition) is 1. The summed E-state index contributed by atoms with van der Waals surface area (Å²) in [5, 5.41) is 3.51. The van der Waals surface area contributed by atoms with E-state index in [0.29, 0.717) is 6.04 Å². The van der Waals surface area contributed by atoms with Gasteiger partial charge in [-0.2, -0.15) is 0 Å². The average molecular weight is 207 g/mol. The Morgan fingerprint density at radius 2 is 2.13 bits per heavy atom. The summed E-state index contributed by atoms with van der Waals surface area (Å²) in [6.07, 6.45) is 2.42. The van der Waals surface area contributed by atoms with Gasteiger partial charge in [-0.05, 0) is 49.4 Å². The molecule has 1 aromatic carbocycles. The van der Waals surface area contributed by atoms with Crippen LogP contribution in [0.25, 0.3) is 0 Å². The zero-order chi connectivity index (χ0) is 10.8. The number of rotatable bonds is 1. The van der Waals surface area contributed by atoms with Crippen LogP contribution in [-0.4, -0.2) is 6.54 Å². The van der Waals surface area contributed by atoms with E-state index >= 15 is 0 Å². The van der Waals surface area contributed by atoms with E-state index in [4.69, 9.17) is 0 Å². The largest absolute Gasteiger partial charge is 0.310 e. The Balaban J connectivity index is 2.12. The van der Waals surface area contributed by atoms with Crippen LogP contribution >= 0.6 is 0 Å². The third-order valence-corrected chi connectivity index (χ3v) is 3.25. The van der Waals surface area contributed by atoms with Gasteiger partial charge in [0.05, 0.1) is 0 Å². The predicted molar refractivity (Wildman–Crippen MR) is 60.3 cm³/mol. The summed E-state index contributed by atoms with van der Waals surface area (Å²) >= 11 is 0. The summed E-state index contributed by atoms with van der Waals surface area (Å²) < 4.78 is 13.1. The summed E-state index contributed by atoms with van der Waals surface area (Å²) in [6.45, 7) is 5.16. The first-order valence-electron chi connectivity index (χ1n) is 5.66. The Labute approximate surface area is 90.7 Å². The Hall–Kier alpha value is -0.890. The molecule has 1 aliphatic heterocycles. The van der Waals surface area contributed by atoms with E-state index in [9.17, 15) is 4.39 Å². The number of benzene rings is 1. The van der Waals surface area contributed by atoms with Gasteiger partial charge >= 0.3 is 0 Å². The van der Waals surface area contributed by atoms with Gasteiger partial charge in [-0.15, -0.1) is 0 Å². The molecule has 0 radical (unpaired) electrons. The fourth-order valence-corrected chi connectivity index (χ4v) is 2.17. The fraction of sp³-hybridized carbons (Fsp3) is 0.538. The molecule has 0 saturated carbocycles. The van der Waals surface area contributed by atoms with Gasteiger partial charge < -0.3 is 5.32 Å². The maximum absolute atomic E-state index is 13.1. The standard InChI is InChI=1S/C13H18FN/c1-9-3-6-13(15-8-9)11-4-5-12(14)10(2)7-11/h4-5,7,9,13,15H,3,6,8H2,1-2H3. The molecule has 2 atom stereocenters. The van der Waals surface area contributed by atoms with Crippen molar-refractivity contribution >= 4 is 0 Å². The monoisotopic (exact) mass is 207 g/mol. The SMILES string of the molecule is Cc1cc(C2CCC(C)CN2)ccc1F. The van der Waals surface area contributed by atoms with E-state index in [1.807, 2.05) is 19.1 Å². The van der Waals surface area contributed by atoms with Crippen LogP contribution in [0.5, 0.6) is 0 Å². The highest BCUT2D eigenvalue weighted by Crippen LogP contribution is 2.26. The third kappa shape index (κ3) is 2.37. The molecule has 1 fully saturated rings. The average Bonchev–Trinajstić information content (AvgIpc) is 2.23. The van der Waals surface area contributed by atoms with E-state index in [1.165, 1.54) is 12.0 Å². The van der Waals surface area contributed by atoms with E-state index in [-0.39, 0.29) is 5.82 Å². The highest BCUT2D eigenvalue weighted by atomic mass is 19.1. The number of aryl methyl sites for hydroxylation is 1. The Morgan fingerprint density at radius 3 is 2.73 bits per heavy atom. The lowest BCUT2D eigenvalue weighted by molar-refractivity contribution is 0.332. The first-order valence-corrected chi connectivity index (χ1v) is 5.66. The molecule has 0 spiro atoms. The summed E-state index contributed by atoms with van der Waals surface area (Å²) in [6, 6.07) is 5.85. The smallest absolute Gasteiger partial charge is 0.126 e. The van der Waals surface area contributed by atoms with Crippen molar-refractivity contribution in [1.29, 1.82) is 0 Å². The van der Waals surface area contributed by atoms with E-state index < -0.39 is 0 Å². The van der Waals surface area contributed by atoms with Crippen LogP contribution in [0.1, 0.15) is 36.9 Å². The molecule has 2 rings (SSSR count). The summed E-state index contributed by atoms with van der Waals surface area (Å²) in [5.74, 6) is 0.658. The van der Waals surface area contributed by atoms with Gasteiger partial charge in [0.1, 0.15) is 5.82 Å². The van der Waals surface area contributed by atoms with Crippen LogP contribution < -0.4 is 5.32 Å². The van der Waals surface area contributed by atoms with Crippen molar-refractivity contribution in [3.05, 3.63) is 35.1 Å². The van der Waals surface area contributed by atoms with Crippen LogP contribution in [0, 0.1) is 18.7 Å². The maximum atomic E-state index is 13.1. The lowest BCUT2D eigenvalue weighted by Gasteiger charge is -2.28. The molecule has 0 amide bonds. The number of halogens is 1. The molecular formula is C13H18FN. The molecule has 1 aliphatic rings. The summed E-state index contributed by atoms with van der Waals surface area (Å²) in [7, 11) is 0. The van der Waals surface area contributed by atoms with Crippen molar-refractivity contribution in [1.82, 2.24) is 5.32 Å².